The lowest BCUT2D eigenvalue weighted by molar-refractivity contribution is 0.0493. The average Bonchev–Trinajstić information content (AvgIpc) is 3.01. The van der Waals surface area contributed by atoms with E-state index in [4.69, 9.17) is 4.74 Å². The van der Waals surface area contributed by atoms with Crippen molar-refractivity contribution in [3.05, 3.63) is 59.2 Å². The maximum absolute atomic E-state index is 13.5. The standard InChI is InChI=1S/C31H42N4O3/c1-32-17-18-35(22-26(36)21-33-14-11-23-5-2-3-6-24(23)20-33)31(37)29-10-9-28(19-30(29)32)38-27-12-15-34(16-13-27)25-7-4-8-25/h2-3,5-6,9-10,19,25-27,36H,4,7-8,11-18,20-22H2,1H3. The highest BCUT2D eigenvalue weighted by atomic mass is 16.5. The highest BCUT2D eigenvalue weighted by molar-refractivity contribution is 6.00. The molecule has 0 bridgehead atoms. The summed E-state index contributed by atoms with van der Waals surface area (Å²) in [5.74, 6) is 0.845. The molecule has 1 N–H and O–H groups in total. The molecule has 7 heteroatoms. The van der Waals surface area contributed by atoms with Crippen molar-refractivity contribution in [1.82, 2.24) is 14.7 Å². The van der Waals surface area contributed by atoms with Gasteiger partial charge in [-0.25, -0.2) is 0 Å². The van der Waals surface area contributed by atoms with Gasteiger partial charge in [0.05, 0.1) is 17.4 Å². The lowest BCUT2D eigenvalue weighted by Crippen LogP contribution is -2.46. The van der Waals surface area contributed by atoms with Crippen LogP contribution in [0.1, 0.15) is 53.6 Å². The summed E-state index contributed by atoms with van der Waals surface area (Å²) in [6, 6.07) is 15.3. The Kier molecular flexibility index (Phi) is 7.59. The van der Waals surface area contributed by atoms with Crippen molar-refractivity contribution < 1.29 is 14.6 Å². The number of carbonyl (C=O) groups is 1. The highest BCUT2D eigenvalue weighted by Crippen LogP contribution is 2.32. The van der Waals surface area contributed by atoms with Crippen molar-refractivity contribution in [2.45, 2.75) is 63.3 Å². The molecule has 7 nitrogen and oxygen atoms in total. The summed E-state index contributed by atoms with van der Waals surface area (Å²) in [7, 11) is 2.04. The maximum atomic E-state index is 13.5. The van der Waals surface area contributed by atoms with E-state index in [0.717, 1.165) is 69.5 Å². The summed E-state index contributed by atoms with van der Waals surface area (Å²) in [5, 5.41) is 11.0. The molecule has 1 aliphatic carbocycles. The molecule has 0 aromatic heterocycles. The molecule has 2 aromatic carbocycles. The van der Waals surface area contributed by atoms with E-state index in [-0.39, 0.29) is 12.0 Å². The van der Waals surface area contributed by atoms with Crippen LogP contribution in [0, 0.1) is 0 Å². The number of likely N-dealkylation sites (N-methyl/N-ethyl adjacent to an activating group) is 1. The molecule has 0 spiro atoms. The fourth-order valence-electron chi connectivity index (χ4n) is 6.54. The molecular formula is C31H42N4O3. The highest BCUT2D eigenvalue weighted by Gasteiger charge is 2.31. The molecule has 2 fully saturated rings. The molecule has 4 aliphatic rings. The third-order valence-corrected chi connectivity index (χ3v) is 9.08. The Balaban J connectivity index is 1.06. The SMILES string of the molecule is CN1CCN(CC(O)CN2CCc3ccccc3C2)C(=O)c2ccc(OC3CCN(C4CCC4)CC3)cc21. The zero-order chi connectivity index (χ0) is 26.1. The van der Waals surface area contributed by atoms with Gasteiger partial charge in [0.2, 0.25) is 0 Å². The first kappa shape index (κ1) is 25.7. The number of amides is 1. The Morgan fingerprint density at radius 3 is 2.50 bits per heavy atom. The van der Waals surface area contributed by atoms with Gasteiger partial charge in [-0.05, 0) is 55.4 Å². The number of ether oxygens (including phenoxy) is 1. The van der Waals surface area contributed by atoms with Crippen LogP contribution in [0.4, 0.5) is 5.69 Å². The average molecular weight is 519 g/mol. The first-order valence-electron chi connectivity index (χ1n) is 14.6. The maximum Gasteiger partial charge on any atom is 0.256 e. The van der Waals surface area contributed by atoms with Gasteiger partial charge in [0.1, 0.15) is 11.9 Å². The predicted octanol–water partition coefficient (Wildman–Crippen LogP) is 3.39. The van der Waals surface area contributed by atoms with Crippen LogP contribution in [0.3, 0.4) is 0 Å². The second-order valence-corrected chi connectivity index (χ2v) is 11.7. The van der Waals surface area contributed by atoms with E-state index >= 15 is 0 Å². The van der Waals surface area contributed by atoms with Crippen LogP contribution in [-0.2, 0) is 13.0 Å². The lowest BCUT2D eigenvalue weighted by atomic mass is 9.90. The molecule has 3 aliphatic heterocycles. The number of hydrogen-bond acceptors (Lipinski definition) is 6. The van der Waals surface area contributed by atoms with E-state index in [2.05, 4.69) is 39.0 Å². The van der Waals surface area contributed by atoms with E-state index in [1.54, 1.807) is 0 Å². The number of fused-ring (bicyclic) bond motifs is 2. The first-order chi connectivity index (χ1) is 18.5. The van der Waals surface area contributed by atoms with Gasteiger partial charge in [-0.1, -0.05) is 30.7 Å². The molecule has 1 saturated carbocycles. The molecule has 6 rings (SSSR count). The number of likely N-dealkylation sites (tertiary alicyclic amines) is 1. The third-order valence-electron chi connectivity index (χ3n) is 9.08. The summed E-state index contributed by atoms with van der Waals surface area (Å²) >= 11 is 0. The van der Waals surface area contributed by atoms with E-state index in [1.165, 1.54) is 30.4 Å². The van der Waals surface area contributed by atoms with Crippen LogP contribution in [0.25, 0.3) is 0 Å². The molecule has 1 atom stereocenters. The van der Waals surface area contributed by atoms with Gasteiger partial charge in [-0.15, -0.1) is 0 Å². The van der Waals surface area contributed by atoms with Gasteiger partial charge in [-0.3, -0.25) is 9.69 Å². The number of benzene rings is 2. The van der Waals surface area contributed by atoms with Gasteiger partial charge in [0.15, 0.2) is 0 Å². The van der Waals surface area contributed by atoms with E-state index in [1.807, 2.05) is 30.1 Å². The van der Waals surface area contributed by atoms with Crippen molar-refractivity contribution in [2.24, 2.45) is 0 Å². The fourth-order valence-corrected chi connectivity index (χ4v) is 6.54. The summed E-state index contributed by atoms with van der Waals surface area (Å²) in [5.41, 5.74) is 4.36. The first-order valence-corrected chi connectivity index (χ1v) is 14.6. The number of piperidine rings is 1. The van der Waals surface area contributed by atoms with Crippen molar-refractivity contribution >= 4 is 11.6 Å². The quantitative estimate of drug-likeness (QED) is 0.607. The molecule has 0 radical (unpaired) electrons. The van der Waals surface area contributed by atoms with E-state index in [9.17, 15) is 9.90 Å². The molecule has 1 saturated heterocycles. The number of anilines is 1. The van der Waals surface area contributed by atoms with Gasteiger partial charge >= 0.3 is 0 Å². The third kappa shape index (κ3) is 5.56. The smallest absolute Gasteiger partial charge is 0.256 e. The molecule has 1 amide bonds. The summed E-state index contributed by atoms with van der Waals surface area (Å²) in [6.07, 6.45) is 6.90. The molecule has 3 heterocycles. The van der Waals surface area contributed by atoms with Gasteiger partial charge < -0.3 is 24.5 Å². The lowest BCUT2D eigenvalue weighted by Gasteiger charge is -2.41. The number of hydrogen-bond donors (Lipinski definition) is 1. The predicted molar refractivity (Wildman–Crippen MR) is 150 cm³/mol. The molecule has 2 aromatic rings. The van der Waals surface area contributed by atoms with Crippen LogP contribution in [0.15, 0.2) is 42.5 Å². The van der Waals surface area contributed by atoms with Crippen LogP contribution in [0.2, 0.25) is 0 Å². The summed E-state index contributed by atoms with van der Waals surface area (Å²) in [6.45, 7) is 6.30. The van der Waals surface area contributed by atoms with E-state index < -0.39 is 6.10 Å². The molecule has 204 valence electrons. The minimum absolute atomic E-state index is 0.00672. The Hall–Kier alpha value is -2.61. The van der Waals surface area contributed by atoms with Crippen LogP contribution >= 0.6 is 0 Å². The fraction of sp³-hybridized carbons (Fsp3) is 0.581. The number of aliphatic hydroxyl groups is 1. The zero-order valence-electron chi connectivity index (χ0n) is 22.7. The monoisotopic (exact) mass is 518 g/mol. The van der Waals surface area contributed by atoms with Crippen molar-refractivity contribution in [2.75, 3.05) is 57.8 Å². The minimum Gasteiger partial charge on any atom is -0.490 e. The second kappa shape index (κ2) is 11.2. The molecule has 1 unspecified atom stereocenters. The van der Waals surface area contributed by atoms with Crippen molar-refractivity contribution in [3.8, 4) is 5.75 Å². The Labute approximate surface area is 227 Å². The number of β-amino-alcohol motifs (C(OH)–C–C–N with tert-alkyl or cyclic N) is 1. The number of aliphatic hydroxyl groups excluding tert-OH is 1. The summed E-state index contributed by atoms with van der Waals surface area (Å²) in [4.78, 5) is 22.4. The Bertz CT molecular complexity index is 1130. The van der Waals surface area contributed by atoms with Crippen molar-refractivity contribution in [3.63, 3.8) is 0 Å². The number of carbonyl (C=O) groups excluding carboxylic acids is 1. The Morgan fingerprint density at radius 2 is 1.74 bits per heavy atom. The van der Waals surface area contributed by atoms with Gasteiger partial charge in [0.25, 0.3) is 5.91 Å². The van der Waals surface area contributed by atoms with E-state index in [0.29, 0.717) is 25.2 Å². The van der Waals surface area contributed by atoms with Crippen LogP contribution < -0.4 is 9.64 Å². The largest absolute Gasteiger partial charge is 0.490 e. The molecule has 38 heavy (non-hydrogen) atoms. The Morgan fingerprint density at radius 1 is 0.947 bits per heavy atom. The second-order valence-electron chi connectivity index (χ2n) is 11.7. The zero-order valence-corrected chi connectivity index (χ0v) is 22.7. The van der Waals surface area contributed by atoms with Gasteiger partial charge in [-0.2, -0.15) is 0 Å². The summed E-state index contributed by atoms with van der Waals surface area (Å²) < 4.78 is 6.40. The molecular weight excluding hydrogens is 476 g/mol. The topological polar surface area (TPSA) is 59.5 Å². The van der Waals surface area contributed by atoms with Gasteiger partial charge in [0, 0.05) is 71.5 Å². The van der Waals surface area contributed by atoms with Crippen molar-refractivity contribution in [1.29, 1.82) is 0 Å². The number of rotatable bonds is 7. The number of nitrogens with zero attached hydrogens (tertiary/aromatic N) is 4. The van der Waals surface area contributed by atoms with Crippen LogP contribution in [-0.4, -0.2) is 96.8 Å². The minimum atomic E-state index is -0.579. The normalized spacial score (nSPS) is 22.4. The van der Waals surface area contributed by atoms with Crippen LogP contribution in [0.5, 0.6) is 5.75 Å².